The van der Waals surface area contributed by atoms with Crippen LogP contribution in [-0.4, -0.2) is 43.9 Å². The van der Waals surface area contributed by atoms with Gasteiger partial charge >= 0.3 is 0 Å². The topological polar surface area (TPSA) is 62.8 Å². The van der Waals surface area contributed by atoms with Gasteiger partial charge in [-0.2, -0.15) is 0 Å². The van der Waals surface area contributed by atoms with Crippen LogP contribution in [0, 0.1) is 13.8 Å². The van der Waals surface area contributed by atoms with Crippen LogP contribution >= 0.6 is 12.2 Å². The molecule has 3 rings (SSSR count). The second kappa shape index (κ2) is 9.52. The highest BCUT2D eigenvalue weighted by Crippen LogP contribution is 2.20. The number of anilines is 2. The molecule has 2 aromatic carbocycles. The SMILES string of the molecule is Cc1ccc(C)c(OCC(=O)NC(=S)Nc2ccc(N3CCOCC3)cc2)c1. The maximum absolute atomic E-state index is 12.1. The Morgan fingerprint density at radius 3 is 2.57 bits per heavy atom. The van der Waals surface area contributed by atoms with Crippen molar-refractivity contribution in [1.29, 1.82) is 0 Å². The van der Waals surface area contributed by atoms with Crippen LogP contribution in [0.3, 0.4) is 0 Å². The third kappa shape index (κ3) is 5.68. The zero-order chi connectivity index (χ0) is 19.9. The lowest BCUT2D eigenvalue weighted by Gasteiger charge is -2.28. The first-order valence-corrected chi connectivity index (χ1v) is 9.66. The number of amides is 1. The van der Waals surface area contributed by atoms with Crippen molar-refractivity contribution in [2.45, 2.75) is 13.8 Å². The summed E-state index contributed by atoms with van der Waals surface area (Å²) in [7, 11) is 0. The molecule has 1 heterocycles. The number of nitrogens with zero attached hydrogens (tertiary/aromatic N) is 1. The summed E-state index contributed by atoms with van der Waals surface area (Å²) in [5, 5.41) is 5.91. The van der Waals surface area contributed by atoms with E-state index in [4.69, 9.17) is 21.7 Å². The Labute approximate surface area is 170 Å². The number of morpholine rings is 1. The zero-order valence-electron chi connectivity index (χ0n) is 16.2. The third-order valence-corrected chi connectivity index (χ3v) is 4.66. The number of nitrogens with one attached hydrogen (secondary N) is 2. The maximum Gasteiger partial charge on any atom is 0.264 e. The van der Waals surface area contributed by atoms with E-state index in [1.54, 1.807) is 0 Å². The highest BCUT2D eigenvalue weighted by Gasteiger charge is 2.11. The number of carbonyl (C=O) groups is 1. The molecule has 2 N–H and O–H groups in total. The predicted molar refractivity (Wildman–Crippen MR) is 115 cm³/mol. The van der Waals surface area contributed by atoms with E-state index in [1.807, 2.05) is 56.3 Å². The second-order valence-corrected chi connectivity index (χ2v) is 7.11. The van der Waals surface area contributed by atoms with Gasteiger partial charge in [-0.1, -0.05) is 12.1 Å². The van der Waals surface area contributed by atoms with E-state index in [0.29, 0.717) is 5.75 Å². The molecule has 0 aromatic heterocycles. The summed E-state index contributed by atoms with van der Waals surface area (Å²) in [5.41, 5.74) is 4.03. The third-order valence-electron chi connectivity index (χ3n) is 4.46. The van der Waals surface area contributed by atoms with E-state index in [9.17, 15) is 4.79 Å². The first kappa shape index (κ1) is 20.1. The number of carbonyl (C=O) groups excluding carboxylic acids is 1. The Bertz CT molecular complexity index is 833. The van der Waals surface area contributed by atoms with Gasteiger partial charge in [0.25, 0.3) is 5.91 Å². The fraction of sp³-hybridized carbons (Fsp3) is 0.333. The first-order valence-electron chi connectivity index (χ1n) is 9.25. The quantitative estimate of drug-likeness (QED) is 0.754. The Hall–Kier alpha value is -2.64. The highest BCUT2D eigenvalue weighted by atomic mass is 32.1. The van der Waals surface area contributed by atoms with Crippen molar-refractivity contribution in [3.8, 4) is 5.75 Å². The Kier molecular flexibility index (Phi) is 6.84. The summed E-state index contributed by atoms with van der Waals surface area (Å²) in [6.07, 6.45) is 0. The summed E-state index contributed by atoms with van der Waals surface area (Å²) in [6, 6.07) is 13.8. The van der Waals surface area contributed by atoms with Crippen LogP contribution in [0.2, 0.25) is 0 Å². The molecule has 1 aliphatic heterocycles. The van der Waals surface area contributed by atoms with E-state index >= 15 is 0 Å². The molecule has 28 heavy (non-hydrogen) atoms. The van der Waals surface area contributed by atoms with Gasteiger partial charge in [0.2, 0.25) is 0 Å². The molecular weight excluding hydrogens is 374 g/mol. The van der Waals surface area contributed by atoms with E-state index in [2.05, 4.69) is 15.5 Å². The Morgan fingerprint density at radius 2 is 1.86 bits per heavy atom. The minimum atomic E-state index is -0.302. The number of benzene rings is 2. The van der Waals surface area contributed by atoms with Gasteiger partial charge in [0, 0.05) is 24.5 Å². The molecule has 0 spiro atoms. The minimum absolute atomic E-state index is 0.0952. The van der Waals surface area contributed by atoms with Gasteiger partial charge in [0.1, 0.15) is 5.75 Å². The van der Waals surface area contributed by atoms with Crippen molar-refractivity contribution in [1.82, 2.24) is 5.32 Å². The van der Waals surface area contributed by atoms with Crippen LogP contribution < -0.4 is 20.3 Å². The molecule has 0 saturated carbocycles. The largest absolute Gasteiger partial charge is 0.483 e. The van der Waals surface area contributed by atoms with Crippen LogP contribution in [0.15, 0.2) is 42.5 Å². The molecule has 1 saturated heterocycles. The normalized spacial score (nSPS) is 13.7. The number of hydrogen-bond donors (Lipinski definition) is 2. The van der Waals surface area contributed by atoms with Crippen molar-refractivity contribution in [3.05, 3.63) is 53.6 Å². The van der Waals surface area contributed by atoms with Crippen molar-refractivity contribution < 1.29 is 14.3 Å². The summed E-state index contributed by atoms with van der Waals surface area (Å²) in [6.45, 7) is 7.11. The van der Waals surface area contributed by atoms with Crippen molar-refractivity contribution in [3.63, 3.8) is 0 Å². The molecule has 2 aromatic rings. The number of ether oxygens (including phenoxy) is 2. The molecule has 0 bridgehead atoms. The van der Waals surface area contributed by atoms with Crippen LogP contribution in [0.1, 0.15) is 11.1 Å². The molecule has 0 unspecified atom stereocenters. The van der Waals surface area contributed by atoms with Gasteiger partial charge in [-0.25, -0.2) is 0 Å². The maximum atomic E-state index is 12.1. The van der Waals surface area contributed by atoms with Gasteiger partial charge in [0.05, 0.1) is 13.2 Å². The smallest absolute Gasteiger partial charge is 0.264 e. The van der Waals surface area contributed by atoms with E-state index < -0.39 is 0 Å². The molecule has 1 fully saturated rings. The van der Waals surface area contributed by atoms with Gasteiger partial charge in [-0.05, 0) is 67.5 Å². The average Bonchev–Trinajstić information content (AvgIpc) is 2.70. The fourth-order valence-corrected chi connectivity index (χ4v) is 3.14. The zero-order valence-corrected chi connectivity index (χ0v) is 17.0. The van der Waals surface area contributed by atoms with Crippen molar-refractivity contribution >= 4 is 34.6 Å². The predicted octanol–water partition coefficient (Wildman–Crippen LogP) is 3.03. The summed E-state index contributed by atoms with van der Waals surface area (Å²) < 4.78 is 11.0. The van der Waals surface area contributed by atoms with E-state index in [1.165, 1.54) is 0 Å². The fourth-order valence-electron chi connectivity index (χ4n) is 2.91. The molecule has 148 valence electrons. The number of thiocarbonyl (C=S) groups is 1. The van der Waals surface area contributed by atoms with Crippen molar-refractivity contribution in [2.75, 3.05) is 43.1 Å². The van der Waals surface area contributed by atoms with E-state index in [-0.39, 0.29) is 17.6 Å². The molecule has 6 nitrogen and oxygen atoms in total. The minimum Gasteiger partial charge on any atom is -0.483 e. The first-order chi connectivity index (χ1) is 13.5. The molecular formula is C21H25N3O3S. The monoisotopic (exact) mass is 399 g/mol. The summed E-state index contributed by atoms with van der Waals surface area (Å²) in [5.74, 6) is 0.399. The van der Waals surface area contributed by atoms with E-state index in [0.717, 1.165) is 48.8 Å². The van der Waals surface area contributed by atoms with Crippen LogP contribution in [0.5, 0.6) is 5.75 Å². The summed E-state index contributed by atoms with van der Waals surface area (Å²) >= 11 is 5.22. The van der Waals surface area contributed by atoms with Gasteiger partial charge < -0.3 is 19.7 Å². The van der Waals surface area contributed by atoms with Crippen molar-refractivity contribution in [2.24, 2.45) is 0 Å². The lowest BCUT2D eigenvalue weighted by molar-refractivity contribution is -0.121. The number of aryl methyl sites for hydroxylation is 2. The molecule has 0 radical (unpaired) electrons. The van der Waals surface area contributed by atoms with Crippen LogP contribution in [0.4, 0.5) is 11.4 Å². The lowest BCUT2D eigenvalue weighted by atomic mass is 10.1. The average molecular weight is 400 g/mol. The molecule has 1 aliphatic rings. The molecule has 7 heteroatoms. The summed E-state index contributed by atoms with van der Waals surface area (Å²) in [4.78, 5) is 14.4. The lowest BCUT2D eigenvalue weighted by Crippen LogP contribution is -2.37. The number of hydrogen-bond acceptors (Lipinski definition) is 5. The van der Waals surface area contributed by atoms with Crippen LogP contribution in [-0.2, 0) is 9.53 Å². The van der Waals surface area contributed by atoms with Gasteiger partial charge in [-0.3, -0.25) is 10.1 Å². The number of rotatable bonds is 5. The Morgan fingerprint density at radius 1 is 1.14 bits per heavy atom. The molecule has 0 atom stereocenters. The standard InChI is InChI=1S/C21H25N3O3S/c1-15-3-4-16(2)19(13-15)27-14-20(25)23-21(28)22-17-5-7-18(8-6-17)24-9-11-26-12-10-24/h3-8,13H,9-12,14H2,1-2H3,(H2,22,23,25,28). The Balaban J connectivity index is 1.46. The molecule has 0 aliphatic carbocycles. The van der Waals surface area contributed by atoms with Crippen LogP contribution in [0.25, 0.3) is 0 Å². The highest BCUT2D eigenvalue weighted by molar-refractivity contribution is 7.80. The second-order valence-electron chi connectivity index (χ2n) is 6.71. The molecule has 1 amide bonds. The van der Waals surface area contributed by atoms with Gasteiger partial charge in [0.15, 0.2) is 11.7 Å². The van der Waals surface area contributed by atoms with Gasteiger partial charge in [-0.15, -0.1) is 0 Å².